The number of hydrogen-bond donors (Lipinski definition) is 1. The molecule has 0 aliphatic carbocycles. The van der Waals surface area contributed by atoms with Gasteiger partial charge in [0.25, 0.3) is 0 Å². The predicted octanol–water partition coefficient (Wildman–Crippen LogP) is 0.862. The Morgan fingerprint density at radius 3 is 2.56 bits per heavy atom. The van der Waals surface area contributed by atoms with Crippen LogP contribution < -0.4 is 5.32 Å². The van der Waals surface area contributed by atoms with Crippen molar-refractivity contribution in [3.05, 3.63) is 0 Å². The first-order chi connectivity index (χ1) is 7.44. The van der Waals surface area contributed by atoms with E-state index in [-0.39, 0.29) is 18.4 Å². The highest BCUT2D eigenvalue weighted by atomic mass is 19.1. The standard InChI is InChI=1S/C11H19FN2O2/c1-4-5-8-9(15)13-11(2,3)10(16)14(8)7-6-12/h8H,4-7H2,1-3H3,(H,13,15). The summed E-state index contributed by atoms with van der Waals surface area (Å²) in [4.78, 5) is 25.2. The Hall–Kier alpha value is -1.13. The molecule has 0 aromatic rings. The Morgan fingerprint density at radius 2 is 2.06 bits per heavy atom. The Bertz CT molecular complexity index is 292. The maximum Gasteiger partial charge on any atom is 0.248 e. The second-order valence-electron chi connectivity index (χ2n) is 4.61. The highest BCUT2D eigenvalue weighted by Gasteiger charge is 2.44. The maximum absolute atomic E-state index is 12.4. The highest BCUT2D eigenvalue weighted by Crippen LogP contribution is 2.20. The molecule has 1 fully saturated rings. The molecule has 1 atom stereocenters. The van der Waals surface area contributed by atoms with Crippen LogP contribution in [0, 0.1) is 0 Å². The molecule has 4 nitrogen and oxygen atoms in total. The van der Waals surface area contributed by atoms with Crippen molar-refractivity contribution in [2.24, 2.45) is 0 Å². The Labute approximate surface area is 95.2 Å². The Kier molecular flexibility index (Phi) is 3.88. The zero-order chi connectivity index (χ0) is 12.3. The molecule has 1 N–H and O–H groups in total. The number of hydrogen-bond acceptors (Lipinski definition) is 2. The first-order valence-corrected chi connectivity index (χ1v) is 5.63. The molecule has 16 heavy (non-hydrogen) atoms. The number of amides is 2. The van der Waals surface area contributed by atoms with Gasteiger partial charge in [-0.05, 0) is 20.3 Å². The number of alkyl halides is 1. The van der Waals surface area contributed by atoms with Crippen LogP contribution in [0.4, 0.5) is 4.39 Å². The van der Waals surface area contributed by atoms with Crippen LogP contribution in [0.3, 0.4) is 0 Å². The van der Waals surface area contributed by atoms with Crippen molar-refractivity contribution < 1.29 is 14.0 Å². The van der Waals surface area contributed by atoms with Gasteiger partial charge in [0.2, 0.25) is 11.8 Å². The SMILES string of the molecule is CCCC1C(=O)NC(C)(C)C(=O)N1CCF. The van der Waals surface area contributed by atoms with E-state index < -0.39 is 18.3 Å². The van der Waals surface area contributed by atoms with Crippen LogP contribution in [0.15, 0.2) is 0 Å². The van der Waals surface area contributed by atoms with E-state index in [2.05, 4.69) is 5.32 Å². The molecule has 1 heterocycles. The largest absolute Gasteiger partial charge is 0.340 e. The van der Waals surface area contributed by atoms with Crippen molar-refractivity contribution >= 4 is 11.8 Å². The van der Waals surface area contributed by atoms with Gasteiger partial charge >= 0.3 is 0 Å². The molecule has 92 valence electrons. The highest BCUT2D eigenvalue weighted by molar-refractivity contribution is 5.99. The summed E-state index contributed by atoms with van der Waals surface area (Å²) < 4.78 is 12.4. The van der Waals surface area contributed by atoms with E-state index in [0.29, 0.717) is 6.42 Å². The van der Waals surface area contributed by atoms with Crippen LogP contribution in [0.25, 0.3) is 0 Å². The van der Waals surface area contributed by atoms with Crippen LogP contribution in [-0.4, -0.2) is 41.5 Å². The maximum atomic E-state index is 12.4. The van der Waals surface area contributed by atoms with Crippen molar-refractivity contribution in [2.75, 3.05) is 13.2 Å². The normalized spacial score (nSPS) is 24.5. The molecule has 0 bridgehead atoms. The first-order valence-electron chi connectivity index (χ1n) is 5.63. The van der Waals surface area contributed by atoms with Gasteiger partial charge in [0, 0.05) is 6.54 Å². The van der Waals surface area contributed by atoms with Crippen molar-refractivity contribution in [1.82, 2.24) is 10.2 Å². The molecule has 2 amide bonds. The van der Waals surface area contributed by atoms with E-state index >= 15 is 0 Å². The molecule has 0 radical (unpaired) electrons. The number of carbonyl (C=O) groups is 2. The number of nitrogens with zero attached hydrogens (tertiary/aromatic N) is 1. The lowest BCUT2D eigenvalue weighted by Crippen LogP contribution is -2.68. The number of halogens is 1. The zero-order valence-electron chi connectivity index (χ0n) is 10.0. The minimum Gasteiger partial charge on any atom is -0.340 e. The topological polar surface area (TPSA) is 49.4 Å². The smallest absolute Gasteiger partial charge is 0.248 e. The lowest BCUT2D eigenvalue weighted by atomic mass is 9.95. The summed E-state index contributed by atoms with van der Waals surface area (Å²) in [7, 11) is 0. The average Bonchev–Trinajstić information content (AvgIpc) is 2.19. The summed E-state index contributed by atoms with van der Waals surface area (Å²) in [6.07, 6.45) is 1.36. The molecular formula is C11H19FN2O2. The van der Waals surface area contributed by atoms with E-state index in [1.165, 1.54) is 4.90 Å². The number of piperazine rings is 1. The fourth-order valence-corrected chi connectivity index (χ4v) is 2.00. The van der Waals surface area contributed by atoms with Gasteiger partial charge in [-0.15, -0.1) is 0 Å². The summed E-state index contributed by atoms with van der Waals surface area (Å²) in [6.45, 7) is 4.60. The summed E-state index contributed by atoms with van der Waals surface area (Å²) >= 11 is 0. The van der Waals surface area contributed by atoms with Crippen LogP contribution >= 0.6 is 0 Å². The van der Waals surface area contributed by atoms with Gasteiger partial charge in [-0.3, -0.25) is 9.59 Å². The fraction of sp³-hybridized carbons (Fsp3) is 0.818. The zero-order valence-corrected chi connectivity index (χ0v) is 10.0. The summed E-state index contributed by atoms with van der Waals surface area (Å²) in [5.74, 6) is -0.386. The molecule has 1 rings (SSSR count). The number of rotatable bonds is 4. The summed E-state index contributed by atoms with van der Waals surface area (Å²) in [6, 6.07) is -0.513. The third kappa shape index (κ3) is 2.33. The van der Waals surface area contributed by atoms with Crippen molar-refractivity contribution in [3.63, 3.8) is 0 Å². The lowest BCUT2D eigenvalue weighted by molar-refractivity contribution is -0.154. The first kappa shape index (κ1) is 12.9. The summed E-state index contributed by atoms with van der Waals surface area (Å²) in [5.41, 5.74) is -0.920. The second-order valence-corrected chi connectivity index (χ2v) is 4.61. The minimum atomic E-state index is -0.920. The Morgan fingerprint density at radius 1 is 1.44 bits per heavy atom. The molecule has 0 aromatic heterocycles. The van der Waals surface area contributed by atoms with Gasteiger partial charge in [-0.1, -0.05) is 13.3 Å². The Balaban J connectivity index is 2.92. The van der Waals surface area contributed by atoms with E-state index in [0.717, 1.165) is 6.42 Å². The van der Waals surface area contributed by atoms with Crippen LogP contribution in [0.1, 0.15) is 33.6 Å². The third-order valence-corrected chi connectivity index (χ3v) is 2.80. The number of nitrogens with one attached hydrogen (secondary N) is 1. The fourth-order valence-electron chi connectivity index (χ4n) is 2.00. The quantitative estimate of drug-likeness (QED) is 0.778. The van der Waals surface area contributed by atoms with Crippen LogP contribution in [0.2, 0.25) is 0 Å². The average molecular weight is 230 g/mol. The molecule has 0 spiro atoms. The van der Waals surface area contributed by atoms with Gasteiger partial charge in [0.05, 0.1) is 0 Å². The monoisotopic (exact) mass is 230 g/mol. The van der Waals surface area contributed by atoms with Gasteiger partial charge in [0.1, 0.15) is 18.3 Å². The van der Waals surface area contributed by atoms with E-state index in [1.54, 1.807) is 13.8 Å². The second kappa shape index (κ2) is 4.80. The molecule has 0 saturated carbocycles. The van der Waals surface area contributed by atoms with Gasteiger partial charge < -0.3 is 10.2 Å². The molecule has 1 unspecified atom stereocenters. The van der Waals surface area contributed by atoms with Gasteiger partial charge in [-0.25, -0.2) is 4.39 Å². The van der Waals surface area contributed by atoms with Crippen molar-refractivity contribution in [3.8, 4) is 0 Å². The van der Waals surface area contributed by atoms with E-state index in [4.69, 9.17) is 0 Å². The number of carbonyl (C=O) groups excluding carboxylic acids is 2. The van der Waals surface area contributed by atoms with Crippen molar-refractivity contribution in [2.45, 2.75) is 45.2 Å². The minimum absolute atomic E-state index is 0.000347. The molecule has 1 aliphatic rings. The predicted molar refractivity (Wildman–Crippen MR) is 58.6 cm³/mol. The third-order valence-electron chi connectivity index (χ3n) is 2.80. The molecule has 1 saturated heterocycles. The molecular weight excluding hydrogens is 211 g/mol. The van der Waals surface area contributed by atoms with Gasteiger partial charge in [0.15, 0.2) is 0 Å². The molecule has 1 aliphatic heterocycles. The van der Waals surface area contributed by atoms with Crippen molar-refractivity contribution in [1.29, 1.82) is 0 Å². The van der Waals surface area contributed by atoms with Crippen LogP contribution in [0.5, 0.6) is 0 Å². The van der Waals surface area contributed by atoms with E-state index in [9.17, 15) is 14.0 Å². The lowest BCUT2D eigenvalue weighted by Gasteiger charge is -2.42. The molecule has 5 heteroatoms. The summed E-state index contributed by atoms with van der Waals surface area (Å²) in [5, 5.41) is 2.68. The van der Waals surface area contributed by atoms with Gasteiger partial charge in [-0.2, -0.15) is 0 Å². The molecule has 0 aromatic carbocycles. The van der Waals surface area contributed by atoms with Crippen LogP contribution in [-0.2, 0) is 9.59 Å². The van der Waals surface area contributed by atoms with E-state index in [1.807, 2.05) is 6.92 Å².